The average molecular weight is 349 g/mol. The number of carbonyl (C=O) groups is 1. The summed E-state index contributed by atoms with van der Waals surface area (Å²) in [5.74, 6) is -0.342. The number of H-pyrrole nitrogens is 1. The Morgan fingerprint density at radius 2 is 1.58 bits per heavy atom. The van der Waals surface area contributed by atoms with Crippen molar-refractivity contribution in [2.45, 2.75) is 5.92 Å². The molecule has 0 aliphatic heterocycles. The molecule has 3 aromatic carbocycles. The predicted octanol–water partition coefficient (Wildman–Crippen LogP) is 5.56. The van der Waals surface area contributed by atoms with Gasteiger partial charge in [-0.25, -0.2) is 0 Å². The van der Waals surface area contributed by atoms with Crippen LogP contribution in [0.25, 0.3) is 21.8 Å². The van der Waals surface area contributed by atoms with E-state index in [0.717, 1.165) is 38.3 Å². The molecule has 1 atom stereocenters. The first-order chi connectivity index (χ1) is 11.8. The van der Waals surface area contributed by atoms with Crippen molar-refractivity contribution in [2.75, 3.05) is 0 Å². The molecule has 0 amide bonds. The molecule has 0 radical (unpaired) electrons. The third kappa shape index (κ3) is 2.52. The van der Waals surface area contributed by atoms with Crippen LogP contribution in [0.5, 0.6) is 0 Å². The molecule has 0 fully saturated rings. The Balaban J connectivity index is 2.00. The number of thiol groups is 1. The average Bonchev–Trinajstić information content (AvgIpc) is 3.02. The van der Waals surface area contributed by atoms with Crippen LogP contribution < -0.4 is 0 Å². The summed E-state index contributed by atoms with van der Waals surface area (Å²) >= 11 is 4.16. The molecule has 0 aliphatic rings. The van der Waals surface area contributed by atoms with Crippen LogP contribution >= 0.6 is 22.5 Å². The first-order valence-electron chi connectivity index (χ1n) is 7.69. The van der Waals surface area contributed by atoms with Gasteiger partial charge in [0.2, 0.25) is 5.12 Å². The standard InChI is InChI=1S/C20H15NOS2/c22-20(24-23)18(13-7-2-1-3-8-13)16-11-6-10-15-14-9-4-5-12-17(14)21-19(15)16/h1-12,18,21,23H. The Labute approximate surface area is 149 Å². The minimum atomic E-state index is -0.342. The molecule has 1 aromatic heterocycles. The summed E-state index contributed by atoms with van der Waals surface area (Å²) in [6, 6.07) is 24.2. The smallest absolute Gasteiger partial charge is 0.211 e. The molecular formula is C20H15NOS2. The molecule has 0 spiro atoms. The van der Waals surface area contributed by atoms with E-state index in [2.05, 4.69) is 34.8 Å². The van der Waals surface area contributed by atoms with Crippen molar-refractivity contribution >= 4 is 49.4 Å². The number of nitrogens with one attached hydrogen (secondary N) is 1. The highest BCUT2D eigenvalue weighted by atomic mass is 33.1. The van der Waals surface area contributed by atoms with E-state index >= 15 is 0 Å². The fraction of sp³-hybridized carbons (Fsp3) is 0.0500. The van der Waals surface area contributed by atoms with Gasteiger partial charge in [-0.2, -0.15) is 0 Å². The lowest BCUT2D eigenvalue weighted by molar-refractivity contribution is -0.111. The van der Waals surface area contributed by atoms with Crippen molar-refractivity contribution < 1.29 is 4.79 Å². The normalized spacial score (nSPS) is 12.5. The molecular weight excluding hydrogens is 334 g/mol. The molecule has 118 valence electrons. The van der Waals surface area contributed by atoms with Crippen molar-refractivity contribution in [3.05, 3.63) is 83.9 Å². The number of carbonyl (C=O) groups excluding carboxylic acids is 1. The van der Waals surface area contributed by atoms with Gasteiger partial charge in [-0.05, 0) is 28.0 Å². The highest BCUT2D eigenvalue weighted by Crippen LogP contribution is 2.37. The number of fused-ring (bicyclic) bond motifs is 3. The first-order valence-corrected chi connectivity index (χ1v) is 9.56. The van der Waals surface area contributed by atoms with Gasteiger partial charge in [0.05, 0.1) is 11.4 Å². The number of hydrogen-bond acceptors (Lipinski definition) is 3. The van der Waals surface area contributed by atoms with E-state index in [1.54, 1.807) is 0 Å². The van der Waals surface area contributed by atoms with Gasteiger partial charge in [0.25, 0.3) is 0 Å². The molecule has 1 heterocycles. The van der Waals surface area contributed by atoms with E-state index in [1.807, 2.05) is 54.6 Å². The Bertz CT molecular complexity index is 1020. The summed E-state index contributed by atoms with van der Waals surface area (Å²) < 4.78 is 0. The van der Waals surface area contributed by atoms with Gasteiger partial charge in [-0.3, -0.25) is 4.79 Å². The van der Waals surface area contributed by atoms with E-state index in [-0.39, 0.29) is 11.0 Å². The molecule has 1 N–H and O–H groups in total. The minimum Gasteiger partial charge on any atom is -0.354 e. The second kappa shape index (κ2) is 6.38. The quantitative estimate of drug-likeness (QED) is 0.375. The number of benzene rings is 3. The van der Waals surface area contributed by atoms with Crippen LogP contribution in [0.15, 0.2) is 72.8 Å². The molecule has 0 saturated heterocycles. The Morgan fingerprint density at radius 3 is 2.38 bits per heavy atom. The van der Waals surface area contributed by atoms with Crippen LogP contribution in [-0.4, -0.2) is 10.1 Å². The van der Waals surface area contributed by atoms with Gasteiger partial charge < -0.3 is 4.98 Å². The second-order valence-electron chi connectivity index (χ2n) is 5.69. The van der Waals surface area contributed by atoms with Gasteiger partial charge in [0.15, 0.2) is 0 Å². The highest BCUT2D eigenvalue weighted by Gasteiger charge is 2.25. The minimum absolute atomic E-state index is 0.0238. The van der Waals surface area contributed by atoms with E-state index in [1.165, 1.54) is 5.39 Å². The maximum absolute atomic E-state index is 12.6. The summed E-state index contributed by atoms with van der Waals surface area (Å²) in [6.07, 6.45) is 0. The molecule has 24 heavy (non-hydrogen) atoms. The Kier molecular flexibility index (Phi) is 4.08. The van der Waals surface area contributed by atoms with Crippen molar-refractivity contribution in [2.24, 2.45) is 0 Å². The summed E-state index contributed by atoms with van der Waals surface area (Å²) in [5.41, 5.74) is 4.07. The van der Waals surface area contributed by atoms with Crippen molar-refractivity contribution in [1.82, 2.24) is 4.98 Å². The summed E-state index contributed by atoms with van der Waals surface area (Å²) in [6.45, 7) is 0. The van der Waals surface area contributed by atoms with Crippen molar-refractivity contribution in [3.63, 3.8) is 0 Å². The lowest BCUT2D eigenvalue weighted by atomic mass is 9.91. The molecule has 0 bridgehead atoms. The fourth-order valence-electron chi connectivity index (χ4n) is 3.28. The number of hydrogen-bond donors (Lipinski definition) is 2. The van der Waals surface area contributed by atoms with E-state index in [9.17, 15) is 4.79 Å². The molecule has 4 rings (SSSR count). The zero-order valence-corrected chi connectivity index (χ0v) is 14.5. The molecule has 4 heteroatoms. The van der Waals surface area contributed by atoms with E-state index in [0.29, 0.717) is 0 Å². The van der Waals surface area contributed by atoms with Crippen LogP contribution in [0.1, 0.15) is 17.0 Å². The van der Waals surface area contributed by atoms with E-state index < -0.39 is 0 Å². The fourth-order valence-corrected chi connectivity index (χ4v) is 3.96. The molecule has 1 unspecified atom stereocenters. The van der Waals surface area contributed by atoms with Gasteiger partial charge in [0.1, 0.15) is 0 Å². The number of aromatic nitrogens is 1. The van der Waals surface area contributed by atoms with Crippen LogP contribution in [0.4, 0.5) is 0 Å². The van der Waals surface area contributed by atoms with E-state index in [4.69, 9.17) is 0 Å². The topological polar surface area (TPSA) is 32.9 Å². The number of para-hydroxylation sites is 2. The predicted molar refractivity (Wildman–Crippen MR) is 106 cm³/mol. The Hall–Kier alpha value is -2.17. The Morgan fingerprint density at radius 1 is 0.875 bits per heavy atom. The van der Waals surface area contributed by atoms with Crippen LogP contribution in [0.2, 0.25) is 0 Å². The number of rotatable bonds is 3. The summed E-state index contributed by atoms with van der Waals surface area (Å²) in [4.78, 5) is 16.1. The largest absolute Gasteiger partial charge is 0.354 e. The second-order valence-corrected chi connectivity index (χ2v) is 6.83. The monoisotopic (exact) mass is 349 g/mol. The zero-order chi connectivity index (χ0) is 16.5. The van der Waals surface area contributed by atoms with Crippen molar-refractivity contribution in [1.29, 1.82) is 0 Å². The molecule has 0 saturated carbocycles. The zero-order valence-electron chi connectivity index (χ0n) is 12.8. The first kappa shape index (κ1) is 15.4. The SMILES string of the molecule is O=C(SS)C(c1ccccc1)c1cccc2c1[nH]c1ccccc12. The van der Waals surface area contributed by atoms with Gasteiger partial charge in [0, 0.05) is 16.3 Å². The maximum Gasteiger partial charge on any atom is 0.211 e. The third-order valence-electron chi connectivity index (χ3n) is 4.34. The molecule has 4 aromatic rings. The maximum atomic E-state index is 12.6. The lowest BCUT2D eigenvalue weighted by Crippen LogP contribution is -2.10. The summed E-state index contributed by atoms with van der Waals surface area (Å²) in [5, 5.41) is 2.34. The van der Waals surface area contributed by atoms with Crippen LogP contribution in [0, 0.1) is 0 Å². The third-order valence-corrected chi connectivity index (χ3v) is 5.30. The van der Waals surface area contributed by atoms with Gasteiger partial charge >= 0.3 is 0 Å². The highest BCUT2D eigenvalue weighted by molar-refractivity contribution is 8.74. The summed E-state index contributed by atoms with van der Waals surface area (Å²) in [7, 11) is 0.980. The number of aromatic amines is 1. The van der Waals surface area contributed by atoms with Crippen LogP contribution in [0.3, 0.4) is 0 Å². The lowest BCUT2D eigenvalue weighted by Gasteiger charge is -2.16. The van der Waals surface area contributed by atoms with Crippen molar-refractivity contribution in [3.8, 4) is 0 Å². The van der Waals surface area contributed by atoms with Crippen LogP contribution in [-0.2, 0) is 4.79 Å². The molecule has 2 nitrogen and oxygen atoms in total. The van der Waals surface area contributed by atoms with Gasteiger partial charge in [-0.15, -0.1) is 11.7 Å². The molecule has 0 aliphatic carbocycles. The van der Waals surface area contributed by atoms with Gasteiger partial charge in [-0.1, -0.05) is 66.7 Å².